The van der Waals surface area contributed by atoms with Gasteiger partial charge < -0.3 is 16.2 Å². The van der Waals surface area contributed by atoms with Crippen molar-refractivity contribution in [3.8, 4) is 10.9 Å². The Balaban J connectivity index is 1.87. The maximum atomic E-state index is 11.0. The molecule has 0 bridgehead atoms. The van der Waals surface area contributed by atoms with E-state index >= 15 is 0 Å². The van der Waals surface area contributed by atoms with Crippen LogP contribution in [-0.2, 0) is 0 Å². The van der Waals surface area contributed by atoms with E-state index in [1.165, 1.54) is 11.3 Å². The van der Waals surface area contributed by atoms with Crippen LogP contribution in [0, 0.1) is 0 Å². The van der Waals surface area contributed by atoms with Crippen LogP contribution in [0.2, 0.25) is 0 Å². The molecule has 1 aromatic heterocycles. The molecule has 0 unspecified atom stereocenters. The Labute approximate surface area is 118 Å². The number of thiazole rings is 1. The Morgan fingerprint density at radius 2 is 1.90 bits per heavy atom. The molecule has 1 heterocycles. The number of amides is 1. The van der Waals surface area contributed by atoms with Crippen molar-refractivity contribution in [1.29, 1.82) is 0 Å². The van der Waals surface area contributed by atoms with Crippen LogP contribution < -0.4 is 16.2 Å². The summed E-state index contributed by atoms with van der Waals surface area (Å²) in [5.41, 5.74) is 12.9. The number of fused-ring (bicyclic) bond motifs is 1. The lowest BCUT2D eigenvalue weighted by molar-refractivity contribution is 0.100. The van der Waals surface area contributed by atoms with Crippen molar-refractivity contribution in [1.82, 2.24) is 4.98 Å². The number of hydrogen-bond acceptors (Lipinski definition) is 5. The lowest BCUT2D eigenvalue weighted by Gasteiger charge is -2.01. The zero-order valence-electron chi connectivity index (χ0n) is 10.4. The maximum absolute atomic E-state index is 11.0. The van der Waals surface area contributed by atoms with Gasteiger partial charge in [-0.05, 0) is 42.5 Å². The van der Waals surface area contributed by atoms with E-state index in [-0.39, 0.29) is 0 Å². The molecule has 3 rings (SSSR count). The van der Waals surface area contributed by atoms with Gasteiger partial charge in [0.1, 0.15) is 5.75 Å². The lowest BCUT2D eigenvalue weighted by Crippen LogP contribution is -2.10. The van der Waals surface area contributed by atoms with E-state index in [9.17, 15) is 4.79 Å². The molecule has 0 aliphatic heterocycles. The number of hydrogen-bond donors (Lipinski definition) is 2. The number of aromatic nitrogens is 1. The third-order valence-corrected chi connectivity index (χ3v) is 3.63. The summed E-state index contributed by atoms with van der Waals surface area (Å²) in [6.45, 7) is 0. The Morgan fingerprint density at radius 3 is 2.60 bits per heavy atom. The van der Waals surface area contributed by atoms with Crippen molar-refractivity contribution >= 4 is 33.1 Å². The van der Waals surface area contributed by atoms with E-state index in [1.54, 1.807) is 30.3 Å². The second-order valence-corrected chi connectivity index (χ2v) is 5.19. The number of carbonyl (C=O) groups is 1. The number of nitrogen functional groups attached to an aromatic ring is 1. The van der Waals surface area contributed by atoms with E-state index in [0.717, 1.165) is 10.2 Å². The second-order valence-electron chi connectivity index (χ2n) is 4.20. The van der Waals surface area contributed by atoms with Crippen molar-refractivity contribution in [2.45, 2.75) is 0 Å². The van der Waals surface area contributed by atoms with Crippen LogP contribution in [0.1, 0.15) is 10.4 Å². The Bertz CT molecular complexity index is 781. The number of primary amides is 1. The maximum Gasteiger partial charge on any atom is 0.279 e. The third kappa shape index (κ3) is 2.41. The van der Waals surface area contributed by atoms with E-state index in [4.69, 9.17) is 16.2 Å². The summed E-state index contributed by atoms with van der Waals surface area (Å²) in [7, 11) is 0. The Kier molecular flexibility index (Phi) is 3.00. The zero-order chi connectivity index (χ0) is 14.1. The minimum absolute atomic E-state index is 0.439. The SMILES string of the molecule is NC(=O)c1ccc(Oc2nc3ccc(N)cc3s2)cc1. The number of benzene rings is 2. The minimum Gasteiger partial charge on any atom is -0.431 e. The van der Waals surface area contributed by atoms with Crippen LogP contribution in [0.4, 0.5) is 5.69 Å². The summed E-state index contributed by atoms with van der Waals surface area (Å²) in [5, 5.41) is 0.525. The molecule has 20 heavy (non-hydrogen) atoms. The van der Waals surface area contributed by atoms with Gasteiger partial charge in [0.2, 0.25) is 5.91 Å². The fraction of sp³-hybridized carbons (Fsp3) is 0. The van der Waals surface area contributed by atoms with E-state index in [1.807, 2.05) is 12.1 Å². The highest BCUT2D eigenvalue weighted by molar-refractivity contribution is 7.20. The van der Waals surface area contributed by atoms with Crippen molar-refractivity contribution in [3.05, 3.63) is 48.0 Å². The van der Waals surface area contributed by atoms with Crippen LogP contribution in [0.5, 0.6) is 10.9 Å². The topological polar surface area (TPSA) is 91.2 Å². The van der Waals surface area contributed by atoms with Gasteiger partial charge in [0, 0.05) is 11.3 Å². The molecular formula is C14H11N3O2S. The Hall–Kier alpha value is -2.60. The average molecular weight is 285 g/mol. The van der Waals surface area contributed by atoms with Gasteiger partial charge in [-0.1, -0.05) is 11.3 Å². The summed E-state index contributed by atoms with van der Waals surface area (Å²) in [4.78, 5) is 15.3. The Morgan fingerprint density at radius 1 is 1.15 bits per heavy atom. The molecule has 3 aromatic rings. The van der Waals surface area contributed by atoms with E-state index < -0.39 is 5.91 Å². The predicted molar refractivity (Wildman–Crippen MR) is 79.1 cm³/mol. The number of rotatable bonds is 3. The number of anilines is 1. The van der Waals surface area contributed by atoms with Gasteiger partial charge in [-0.3, -0.25) is 4.79 Å². The van der Waals surface area contributed by atoms with Gasteiger partial charge >= 0.3 is 0 Å². The lowest BCUT2D eigenvalue weighted by atomic mass is 10.2. The predicted octanol–water partition coefficient (Wildman–Crippen LogP) is 2.77. The molecule has 0 saturated carbocycles. The van der Waals surface area contributed by atoms with E-state index in [2.05, 4.69) is 4.98 Å². The summed E-state index contributed by atoms with van der Waals surface area (Å²) in [6.07, 6.45) is 0. The molecule has 100 valence electrons. The summed E-state index contributed by atoms with van der Waals surface area (Å²) in [6, 6.07) is 12.1. The molecule has 6 heteroatoms. The highest BCUT2D eigenvalue weighted by Crippen LogP contribution is 2.32. The van der Waals surface area contributed by atoms with Crippen LogP contribution in [-0.4, -0.2) is 10.9 Å². The first-order valence-electron chi connectivity index (χ1n) is 5.85. The molecule has 2 aromatic carbocycles. The monoisotopic (exact) mass is 285 g/mol. The molecule has 5 nitrogen and oxygen atoms in total. The molecule has 0 fully saturated rings. The van der Waals surface area contributed by atoms with Gasteiger partial charge in [0.15, 0.2) is 0 Å². The highest BCUT2D eigenvalue weighted by atomic mass is 32.1. The average Bonchev–Trinajstić information content (AvgIpc) is 2.80. The van der Waals surface area contributed by atoms with Crippen LogP contribution >= 0.6 is 11.3 Å². The first kappa shape index (κ1) is 12.4. The number of carbonyl (C=O) groups excluding carboxylic acids is 1. The fourth-order valence-electron chi connectivity index (χ4n) is 1.75. The smallest absolute Gasteiger partial charge is 0.279 e. The van der Waals surface area contributed by atoms with Crippen LogP contribution in [0.15, 0.2) is 42.5 Å². The molecule has 0 radical (unpaired) electrons. The molecular weight excluding hydrogens is 274 g/mol. The zero-order valence-corrected chi connectivity index (χ0v) is 11.2. The van der Waals surface area contributed by atoms with Gasteiger partial charge in [0.25, 0.3) is 5.19 Å². The molecule has 0 spiro atoms. The minimum atomic E-state index is -0.466. The largest absolute Gasteiger partial charge is 0.431 e. The van der Waals surface area contributed by atoms with Gasteiger partial charge in [-0.25, -0.2) is 4.98 Å². The molecule has 4 N–H and O–H groups in total. The van der Waals surface area contributed by atoms with Crippen molar-refractivity contribution in [3.63, 3.8) is 0 Å². The normalized spacial score (nSPS) is 10.6. The molecule has 1 amide bonds. The molecule has 0 aliphatic carbocycles. The quantitative estimate of drug-likeness (QED) is 0.724. The van der Waals surface area contributed by atoms with Crippen LogP contribution in [0.3, 0.4) is 0 Å². The number of nitrogens with two attached hydrogens (primary N) is 2. The van der Waals surface area contributed by atoms with Crippen molar-refractivity contribution < 1.29 is 9.53 Å². The number of nitrogens with zero attached hydrogens (tertiary/aromatic N) is 1. The van der Waals surface area contributed by atoms with Crippen molar-refractivity contribution in [2.75, 3.05) is 5.73 Å². The summed E-state index contributed by atoms with van der Waals surface area (Å²) >= 11 is 1.41. The van der Waals surface area contributed by atoms with Gasteiger partial charge in [-0.2, -0.15) is 0 Å². The van der Waals surface area contributed by atoms with Gasteiger partial charge in [0.05, 0.1) is 10.2 Å². The van der Waals surface area contributed by atoms with Crippen LogP contribution in [0.25, 0.3) is 10.2 Å². The molecule has 0 aliphatic rings. The fourth-order valence-corrected chi connectivity index (χ4v) is 2.64. The summed E-state index contributed by atoms with van der Waals surface area (Å²) in [5.74, 6) is 0.133. The first-order chi connectivity index (χ1) is 9.61. The third-order valence-electron chi connectivity index (χ3n) is 2.74. The van der Waals surface area contributed by atoms with E-state index in [0.29, 0.717) is 22.2 Å². The molecule has 0 atom stereocenters. The first-order valence-corrected chi connectivity index (χ1v) is 6.67. The molecule has 0 saturated heterocycles. The van der Waals surface area contributed by atoms with Gasteiger partial charge in [-0.15, -0.1) is 0 Å². The highest BCUT2D eigenvalue weighted by Gasteiger charge is 2.07. The second kappa shape index (κ2) is 4.82. The number of ether oxygens (including phenoxy) is 1. The summed E-state index contributed by atoms with van der Waals surface area (Å²) < 4.78 is 6.62. The van der Waals surface area contributed by atoms with Crippen molar-refractivity contribution in [2.24, 2.45) is 5.73 Å². The standard InChI is InChI=1S/C14H11N3O2S/c15-9-3-6-11-12(7-9)20-14(17-11)19-10-4-1-8(2-5-10)13(16)18/h1-7H,15H2,(H2,16,18).